The minimum atomic E-state index is -1.01. The van der Waals surface area contributed by atoms with Crippen LogP contribution in [-0.4, -0.2) is 39.6 Å². The molecular formula is C23H17FN4O4S. The van der Waals surface area contributed by atoms with Gasteiger partial charge < -0.3 is 5.32 Å². The molecule has 1 unspecified atom stereocenters. The van der Waals surface area contributed by atoms with Gasteiger partial charge in [-0.3, -0.25) is 29.4 Å². The lowest BCUT2D eigenvalue weighted by Crippen LogP contribution is -2.54. The number of nitrogens with one attached hydrogen (secondary N) is 2. The number of hydrogen-bond donors (Lipinski definition) is 2. The Morgan fingerprint density at radius 3 is 2.64 bits per heavy atom. The van der Waals surface area contributed by atoms with Gasteiger partial charge in [-0.15, -0.1) is 11.3 Å². The third-order valence-corrected chi connectivity index (χ3v) is 6.63. The maximum absolute atomic E-state index is 13.2. The average molecular weight is 464 g/mol. The Morgan fingerprint density at radius 2 is 1.88 bits per heavy atom. The summed E-state index contributed by atoms with van der Waals surface area (Å²) in [5, 5.41) is 6.09. The molecule has 33 heavy (non-hydrogen) atoms. The number of imide groups is 2. The van der Waals surface area contributed by atoms with Gasteiger partial charge in [0.1, 0.15) is 16.9 Å². The molecular weight excluding hydrogens is 447 g/mol. The van der Waals surface area contributed by atoms with E-state index in [1.54, 1.807) is 36.5 Å². The van der Waals surface area contributed by atoms with Gasteiger partial charge in [0.25, 0.3) is 11.8 Å². The van der Waals surface area contributed by atoms with E-state index in [0.29, 0.717) is 12.2 Å². The fourth-order valence-corrected chi connectivity index (χ4v) is 4.84. The lowest BCUT2D eigenvalue weighted by atomic mass is 10.0. The molecule has 2 aromatic carbocycles. The van der Waals surface area contributed by atoms with Crippen LogP contribution >= 0.6 is 11.3 Å². The zero-order valence-corrected chi connectivity index (χ0v) is 17.9. The number of piperidine rings is 1. The summed E-state index contributed by atoms with van der Waals surface area (Å²) >= 11 is 1.43. The van der Waals surface area contributed by atoms with Crippen molar-refractivity contribution in [2.45, 2.75) is 25.4 Å². The minimum absolute atomic E-state index is 0.0648. The number of carbonyl (C=O) groups is 4. The molecule has 1 saturated heterocycles. The van der Waals surface area contributed by atoms with E-state index in [2.05, 4.69) is 15.6 Å². The molecule has 0 bridgehead atoms. The van der Waals surface area contributed by atoms with Crippen LogP contribution in [0, 0.1) is 5.82 Å². The van der Waals surface area contributed by atoms with E-state index < -0.39 is 29.7 Å². The van der Waals surface area contributed by atoms with Crippen LogP contribution in [0.25, 0.3) is 10.4 Å². The lowest BCUT2D eigenvalue weighted by molar-refractivity contribution is -0.136. The summed E-state index contributed by atoms with van der Waals surface area (Å²) in [7, 11) is 0. The second-order valence-electron chi connectivity index (χ2n) is 7.65. The number of rotatable bonds is 5. The molecule has 10 heteroatoms. The molecule has 166 valence electrons. The number of nitrogens with zero attached hydrogens (tertiary/aromatic N) is 2. The highest BCUT2D eigenvalue weighted by atomic mass is 32.1. The molecule has 3 heterocycles. The Bertz CT molecular complexity index is 1300. The zero-order valence-electron chi connectivity index (χ0n) is 17.1. The molecule has 8 nitrogen and oxygen atoms in total. The van der Waals surface area contributed by atoms with E-state index in [0.717, 1.165) is 20.3 Å². The molecule has 1 aromatic heterocycles. The summed E-state index contributed by atoms with van der Waals surface area (Å²) in [6.45, 7) is 0.308. The van der Waals surface area contributed by atoms with Gasteiger partial charge in [-0.2, -0.15) is 0 Å². The first-order chi connectivity index (χ1) is 15.9. The smallest absolute Gasteiger partial charge is 0.264 e. The van der Waals surface area contributed by atoms with Crippen LogP contribution < -0.4 is 10.6 Å². The molecule has 2 N–H and O–H groups in total. The quantitative estimate of drug-likeness (QED) is 0.562. The molecule has 1 fully saturated rings. The fraction of sp³-hybridized carbons (Fsp3) is 0.174. The number of hydrogen-bond acceptors (Lipinski definition) is 7. The van der Waals surface area contributed by atoms with Crippen molar-refractivity contribution in [3.63, 3.8) is 0 Å². The van der Waals surface area contributed by atoms with Crippen molar-refractivity contribution >= 4 is 40.7 Å². The minimum Gasteiger partial charge on any atom is -0.378 e. The standard InChI is InChI=1S/C23H17FN4O4S/c24-13-6-4-12(5-7-13)17-10-26-19(33-17)11-25-15-3-1-2-14-20(15)23(32)28(22(14)31)16-8-9-18(29)27-21(16)30/h1-7,10,16,25H,8-9,11H2,(H,27,29,30). The average Bonchev–Trinajstić information content (AvgIpc) is 3.37. The van der Waals surface area contributed by atoms with Crippen molar-refractivity contribution in [2.75, 3.05) is 5.32 Å². The molecule has 2 aliphatic heterocycles. The van der Waals surface area contributed by atoms with Crippen LogP contribution in [0.3, 0.4) is 0 Å². The van der Waals surface area contributed by atoms with E-state index in [9.17, 15) is 23.6 Å². The Balaban J connectivity index is 1.35. The third kappa shape index (κ3) is 3.78. The van der Waals surface area contributed by atoms with Gasteiger partial charge in [0.2, 0.25) is 11.8 Å². The van der Waals surface area contributed by atoms with Crippen molar-refractivity contribution in [3.8, 4) is 10.4 Å². The molecule has 2 aliphatic rings. The summed E-state index contributed by atoms with van der Waals surface area (Å²) in [6.07, 6.45) is 1.86. The Hall–Kier alpha value is -3.92. The number of fused-ring (bicyclic) bond motifs is 1. The second kappa shape index (κ2) is 8.21. The molecule has 0 aliphatic carbocycles. The summed E-state index contributed by atoms with van der Waals surface area (Å²) in [5.74, 6) is -2.50. The predicted molar refractivity (Wildman–Crippen MR) is 118 cm³/mol. The van der Waals surface area contributed by atoms with Gasteiger partial charge >= 0.3 is 0 Å². The number of thiazole rings is 1. The van der Waals surface area contributed by atoms with Crippen molar-refractivity contribution in [1.29, 1.82) is 0 Å². The number of aromatic nitrogens is 1. The number of carbonyl (C=O) groups excluding carboxylic acids is 4. The van der Waals surface area contributed by atoms with Gasteiger partial charge in [0.05, 0.1) is 22.5 Å². The van der Waals surface area contributed by atoms with Crippen LogP contribution in [0.15, 0.2) is 48.7 Å². The zero-order chi connectivity index (χ0) is 23.1. The molecule has 0 radical (unpaired) electrons. The maximum atomic E-state index is 13.2. The topological polar surface area (TPSA) is 108 Å². The van der Waals surface area contributed by atoms with Gasteiger partial charge in [0.15, 0.2) is 0 Å². The fourth-order valence-electron chi connectivity index (χ4n) is 3.97. The van der Waals surface area contributed by atoms with Gasteiger partial charge in [0, 0.05) is 18.3 Å². The van der Waals surface area contributed by atoms with Crippen LogP contribution in [0.5, 0.6) is 0 Å². The van der Waals surface area contributed by atoms with Crippen molar-refractivity contribution < 1.29 is 23.6 Å². The maximum Gasteiger partial charge on any atom is 0.264 e. The normalized spacial score (nSPS) is 17.8. The van der Waals surface area contributed by atoms with E-state index in [1.165, 1.54) is 23.5 Å². The molecule has 0 spiro atoms. The van der Waals surface area contributed by atoms with Crippen molar-refractivity contribution in [3.05, 3.63) is 70.6 Å². The third-order valence-electron chi connectivity index (χ3n) is 5.58. The van der Waals surface area contributed by atoms with E-state index in [1.807, 2.05) is 0 Å². The van der Waals surface area contributed by atoms with E-state index in [4.69, 9.17) is 0 Å². The van der Waals surface area contributed by atoms with Gasteiger partial charge in [-0.25, -0.2) is 9.37 Å². The van der Waals surface area contributed by atoms with Gasteiger partial charge in [-0.1, -0.05) is 18.2 Å². The monoisotopic (exact) mass is 464 g/mol. The SMILES string of the molecule is O=C1CCC(N2C(=O)c3cccc(NCc4ncc(-c5ccc(F)cc5)s4)c3C2=O)C(=O)N1. The Morgan fingerprint density at radius 1 is 1.09 bits per heavy atom. The number of anilines is 1. The van der Waals surface area contributed by atoms with Crippen molar-refractivity contribution in [2.24, 2.45) is 0 Å². The summed E-state index contributed by atoms with van der Waals surface area (Å²) in [4.78, 5) is 55.9. The molecule has 5 rings (SSSR count). The summed E-state index contributed by atoms with van der Waals surface area (Å²) in [6, 6.07) is 10.0. The molecule has 3 aromatic rings. The Labute approximate surface area is 191 Å². The predicted octanol–water partition coefficient (Wildman–Crippen LogP) is 2.96. The lowest BCUT2D eigenvalue weighted by Gasteiger charge is -2.27. The molecule has 4 amide bonds. The largest absolute Gasteiger partial charge is 0.378 e. The highest BCUT2D eigenvalue weighted by Crippen LogP contribution is 2.33. The van der Waals surface area contributed by atoms with Crippen LogP contribution in [-0.2, 0) is 16.1 Å². The highest BCUT2D eigenvalue weighted by molar-refractivity contribution is 7.15. The summed E-state index contributed by atoms with van der Waals surface area (Å²) < 4.78 is 13.2. The number of amides is 4. The number of benzene rings is 2. The van der Waals surface area contributed by atoms with Crippen LogP contribution in [0.1, 0.15) is 38.6 Å². The molecule has 1 atom stereocenters. The first kappa shape index (κ1) is 21.0. The van der Waals surface area contributed by atoms with Crippen LogP contribution in [0.4, 0.5) is 10.1 Å². The summed E-state index contributed by atoms with van der Waals surface area (Å²) in [5.41, 5.74) is 1.71. The van der Waals surface area contributed by atoms with Gasteiger partial charge in [-0.05, 0) is 36.2 Å². The first-order valence-corrected chi connectivity index (χ1v) is 11.0. The number of halogens is 1. The molecule has 0 saturated carbocycles. The Kier molecular flexibility index (Phi) is 5.21. The van der Waals surface area contributed by atoms with Crippen LogP contribution in [0.2, 0.25) is 0 Å². The second-order valence-corrected chi connectivity index (χ2v) is 8.77. The van der Waals surface area contributed by atoms with E-state index in [-0.39, 0.29) is 29.8 Å². The van der Waals surface area contributed by atoms with E-state index >= 15 is 0 Å². The first-order valence-electron chi connectivity index (χ1n) is 10.2. The van der Waals surface area contributed by atoms with Crippen molar-refractivity contribution in [1.82, 2.24) is 15.2 Å². The highest BCUT2D eigenvalue weighted by Gasteiger charge is 2.45.